The predicted octanol–water partition coefficient (Wildman–Crippen LogP) is 3.01. The Bertz CT molecular complexity index is 2060. The number of aryl methyl sites for hydroxylation is 2. The van der Waals surface area contributed by atoms with E-state index in [1.807, 2.05) is 71.2 Å². The maximum atomic E-state index is 14.7. The first-order chi connectivity index (χ1) is 27.2. The molecule has 3 aliphatic heterocycles. The molecule has 0 spiro atoms. The predicted molar refractivity (Wildman–Crippen MR) is 212 cm³/mol. The standard InChI is InChI=1S/C43H51N7O6/c1-3-19-48-30-40(54)49-37(26-32-13-16-34(52)17-14-32)43(56)47(29-38(49)50(48)39(53)18-15-31-9-5-4-6-10-31)27-33-11-7-12-35-36(28-44(2)41(33)35)42(55)46-23-21-45(22-24-46)20-8-25-51/h3-7,9-14,16-17,28,37-38,51-52H,1,8,15,18-27,29-30H2,2H3/t37-,38-/m0/s1. The molecule has 0 unspecified atom stereocenters. The van der Waals surface area contributed by atoms with Crippen molar-refractivity contribution >= 4 is 34.5 Å². The van der Waals surface area contributed by atoms with Crippen molar-refractivity contribution in [2.24, 2.45) is 7.05 Å². The van der Waals surface area contributed by atoms with Gasteiger partial charge in [0.15, 0.2) is 0 Å². The van der Waals surface area contributed by atoms with Gasteiger partial charge < -0.3 is 29.5 Å². The van der Waals surface area contributed by atoms with Crippen molar-refractivity contribution in [3.63, 3.8) is 0 Å². The average molecular weight is 762 g/mol. The molecule has 1 aromatic heterocycles. The molecule has 3 saturated heterocycles. The molecule has 0 saturated carbocycles. The first-order valence-electron chi connectivity index (χ1n) is 19.5. The minimum absolute atomic E-state index is 0.0408. The number of hydrogen-bond acceptors (Lipinski definition) is 8. The highest BCUT2D eigenvalue weighted by atomic mass is 16.3. The second kappa shape index (κ2) is 17.1. The number of piperazine rings is 2. The van der Waals surface area contributed by atoms with Crippen molar-refractivity contribution in [2.75, 3.05) is 59.0 Å². The Hall–Kier alpha value is -5.50. The molecule has 7 rings (SSSR count). The molecule has 4 heterocycles. The largest absolute Gasteiger partial charge is 0.508 e. The highest BCUT2D eigenvalue weighted by Crippen LogP contribution is 2.32. The van der Waals surface area contributed by atoms with Gasteiger partial charge >= 0.3 is 0 Å². The number of hydrazine groups is 1. The molecule has 13 heteroatoms. The van der Waals surface area contributed by atoms with Crippen molar-refractivity contribution in [1.82, 2.24) is 34.2 Å². The van der Waals surface area contributed by atoms with Crippen LogP contribution in [0, 0.1) is 0 Å². The molecule has 2 N–H and O–H groups in total. The van der Waals surface area contributed by atoms with Gasteiger partial charge in [0.2, 0.25) is 17.7 Å². The van der Waals surface area contributed by atoms with Crippen LogP contribution in [0.2, 0.25) is 0 Å². The maximum Gasteiger partial charge on any atom is 0.256 e. The van der Waals surface area contributed by atoms with Crippen LogP contribution in [-0.2, 0) is 40.8 Å². The molecule has 4 amide bonds. The van der Waals surface area contributed by atoms with E-state index in [1.165, 1.54) is 0 Å². The van der Waals surface area contributed by atoms with Crippen LogP contribution in [0.5, 0.6) is 5.75 Å². The summed E-state index contributed by atoms with van der Waals surface area (Å²) in [5.41, 5.74) is 4.08. The quantitative estimate of drug-likeness (QED) is 0.199. The summed E-state index contributed by atoms with van der Waals surface area (Å²) in [5.74, 6) is -0.583. The van der Waals surface area contributed by atoms with Crippen molar-refractivity contribution in [2.45, 2.75) is 44.4 Å². The molecule has 13 nitrogen and oxygen atoms in total. The first-order valence-corrected chi connectivity index (χ1v) is 19.5. The monoisotopic (exact) mass is 761 g/mol. The van der Waals surface area contributed by atoms with Crippen molar-refractivity contribution in [3.8, 4) is 5.75 Å². The molecular formula is C43H51N7O6. The summed E-state index contributed by atoms with van der Waals surface area (Å²) in [5, 5.41) is 23.4. The molecule has 0 aliphatic carbocycles. The zero-order valence-electron chi connectivity index (χ0n) is 32.0. The van der Waals surface area contributed by atoms with Crippen LogP contribution in [0.3, 0.4) is 0 Å². The highest BCUT2D eigenvalue weighted by Gasteiger charge is 2.51. The van der Waals surface area contributed by atoms with Crippen molar-refractivity contribution in [1.29, 1.82) is 0 Å². The van der Waals surface area contributed by atoms with Crippen LogP contribution in [0.4, 0.5) is 0 Å². The number of phenolic OH excluding ortho intramolecular Hbond substituents is 1. The van der Waals surface area contributed by atoms with Crippen LogP contribution < -0.4 is 0 Å². The van der Waals surface area contributed by atoms with E-state index in [0.717, 1.165) is 47.2 Å². The fraction of sp³-hybridized carbons (Fsp3) is 0.395. The second-order valence-electron chi connectivity index (χ2n) is 14.9. The smallest absolute Gasteiger partial charge is 0.256 e. The average Bonchev–Trinajstić information content (AvgIpc) is 3.55. The van der Waals surface area contributed by atoms with Gasteiger partial charge in [0.1, 0.15) is 18.0 Å². The molecule has 294 valence electrons. The Balaban J connectivity index is 1.20. The number of aliphatic hydroxyl groups excluding tert-OH is 1. The Kier molecular flexibility index (Phi) is 11.8. The van der Waals surface area contributed by atoms with E-state index >= 15 is 0 Å². The normalized spacial score (nSPS) is 19.5. The van der Waals surface area contributed by atoms with Crippen molar-refractivity contribution in [3.05, 3.63) is 114 Å². The Morgan fingerprint density at radius 2 is 1.68 bits per heavy atom. The lowest BCUT2D eigenvalue weighted by Gasteiger charge is -2.55. The molecule has 0 bridgehead atoms. The molecule has 3 fully saturated rings. The zero-order chi connectivity index (χ0) is 39.3. The number of amides is 4. The fourth-order valence-corrected chi connectivity index (χ4v) is 8.47. The van der Waals surface area contributed by atoms with Gasteiger partial charge in [0.05, 0.1) is 24.2 Å². The van der Waals surface area contributed by atoms with Crippen molar-refractivity contribution < 1.29 is 29.4 Å². The Labute approximate surface area is 327 Å². The van der Waals surface area contributed by atoms with Gasteiger partial charge in [-0.15, -0.1) is 6.58 Å². The number of aliphatic hydroxyl groups is 1. The van der Waals surface area contributed by atoms with Gasteiger partial charge in [-0.05, 0) is 41.7 Å². The van der Waals surface area contributed by atoms with Crippen LogP contribution in [0.15, 0.2) is 91.6 Å². The third-order valence-corrected chi connectivity index (χ3v) is 11.2. The summed E-state index contributed by atoms with van der Waals surface area (Å²) in [7, 11) is 1.91. The van der Waals surface area contributed by atoms with Gasteiger partial charge in [0.25, 0.3) is 5.91 Å². The number of carbonyl (C=O) groups excluding carboxylic acids is 4. The highest BCUT2D eigenvalue weighted by molar-refractivity contribution is 6.07. The SMILES string of the molecule is C=CCN1CC(=O)N2[C@@H](Cc3ccc(O)cc3)C(=O)N(Cc3cccc4c(C(=O)N5CCN(CCCO)CC5)cn(C)c34)C[C@@H]2N1C(=O)CCc1ccccc1. The van der Waals surface area contributed by atoms with Gasteiger partial charge in [-0.25, -0.2) is 10.0 Å². The Morgan fingerprint density at radius 1 is 0.929 bits per heavy atom. The van der Waals surface area contributed by atoms with E-state index in [-0.39, 0.29) is 75.0 Å². The summed E-state index contributed by atoms with van der Waals surface area (Å²) >= 11 is 0. The summed E-state index contributed by atoms with van der Waals surface area (Å²) in [6, 6.07) is 21.3. The topological polar surface area (TPSA) is 133 Å². The van der Waals surface area contributed by atoms with E-state index in [1.54, 1.807) is 50.2 Å². The van der Waals surface area contributed by atoms with E-state index in [9.17, 15) is 29.4 Å². The van der Waals surface area contributed by atoms with Crippen LogP contribution in [0.25, 0.3) is 10.9 Å². The number of fused-ring (bicyclic) bond motifs is 2. The number of carbonyl (C=O) groups is 4. The second-order valence-corrected chi connectivity index (χ2v) is 14.9. The number of hydrogen-bond donors (Lipinski definition) is 2. The lowest BCUT2D eigenvalue weighted by atomic mass is 9.97. The number of aromatic hydroxyl groups is 1. The van der Waals surface area contributed by atoms with Crippen LogP contribution in [-0.4, -0.2) is 139 Å². The van der Waals surface area contributed by atoms with Crippen LogP contribution >= 0.6 is 0 Å². The van der Waals surface area contributed by atoms with Gasteiger partial charge in [-0.1, -0.05) is 66.7 Å². The third kappa shape index (κ3) is 8.06. The number of phenols is 1. The number of benzene rings is 3. The van der Waals surface area contributed by atoms with E-state index in [0.29, 0.717) is 31.5 Å². The molecule has 3 aliphatic rings. The molecule has 2 atom stereocenters. The van der Waals surface area contributed by atoms with E-state index in [4.69, 9.17) is 0 Å². The summed E-state index contributed by atoms with van der Waals surface area (Å²) < 4.78 is 1.94. The first kappa shape index (κ1) is 38.8. The third-order valence-electron chi connectivity index (χ3n) is 11.2. The lowest BCUT2D eigenvalue weighted by Crippen LogP contribution is -2.75. The minimum Gasteiger partial charge on any atom is -0.508 e. The molecule has 4 aromatic rings. The number of para-hydroxylation sites is 1. The van der Waals surface area contributed by atoms with Gasteiger partial charge in [-0.2, -0.15) is 0 Å². The maximum absolute atomic E-state index is 14.7. The van der Waals surface area contributed by atoms with Gasteiger partial charge in [-0.3, -0.25) is 24.1 Å². The molecule has 3 aromatic carbocycles. The lowest BCUT2D eigenvalue weighted by molar-refractivity contribution is -0.205. The zero-order valence-corrected chi connectivity index (χ0v) is 32.0. The summed E-state index contributed by atoms with van der Waals surface area (Å²) in [6.45, 7) is 8.05. The number of nitrogens with zero attached hydrogens (tertiary/aromatic N) is 7. The number of aromatic nitrogens is 1. The number of rotatable bonds is 13. The summed E-state index contributed by atoms with van der Waals surface area (Å²) in [4.78, 5) is 64.4. The van der Waals surface area contributed by atoms with E-state index < -0.39 is 12.2 Å². The molecular weight excluding hydrogens is 711 g/mol. The molecule has 56 heavy (non-hydrogen) atoms. The summed E-state index contributed by atoms with van der Waals surface area (Å²) in [6.07, 6.45) is 4.42. The molecule has 0 radical (unpaired) electrons. The Morgan fingerprint density at radius 3 is 2.39 bits per heavy atom. The van der Waals surface area contributed by atoms with E-state index in [2.05, 4.69) is 11.5 Å². The van der Waals surface area contributed by atoms with Gasteiger partial charge in [0, 0.05) is 83.9 Å². The van der Waals surface area contributed by atoms with Crippen LogP contribution in [0.1, 0.15) is 39.9 Å². The fourth-order valence-electron chi connectivity index (χ4n) is 8.47. The minimum atomic E-state index is -0.901.